The zero-order valence-corrected chi connectivity index (χ0v) is 15.2. The zero-order chi connectivity index (χ0) is 19.1. The first kappa shape index (κ1) is 18.1. The molecular weight excluding hydrogens is 360 g/mol. The smallest absolute Gasteiger partial charge is 0.267 e. The Kier molecular flexibility index (Phi) is 4.53. The minimum atomic E-state index is -4.45. The summed E-state index contributed by atoms with van der Waals surface area (Å²) in [5, 5.41) is 4.33. The molecule has 0 saturated carbocycles. The molecule has 5 nitrogen and oxygen atoms in total. The highest BCUT2D eigenvalue weighted by Gasteiger charge is 2.26. The number of hydrogen-bond donors (Lipinski definition) is 1. The van der Waals surface area contributed by atoms with Crippen LogP contribution in [0.5, 0.6) is 0 Å². The molecule has 0 radical (unpaired) electrons. The molecule has 0 spiro atoms. The summed E-state index contributed by atoms with van der Waals surface area (Å²) in [6.07, 6.45) is 0. The number of nitrogens with one attached hydrogen (secondary N) is 1. The highest BCUT2D eigenvalue weighted by molar-refractivity contribution is 7.92. The van der Waals surface area contributed by atoms with Crippen LogP contribution in [0.25, 0.3) is 5.69 Å². The number of rotatable bonds is 4. The van der Waals surface area contributed by atoms with E-state index in [1.54, 1.807) is 18.5 Å². The van der Waals surface area contributed by atoms with E-state index in [1.165, 1.54) is 0 Å². The predicted molar refractivity (Wildman–Crippen MR) is 94.9 cm³/mol. The summed E-state index contributed by atoms with van der Waals surface area (Å²) in [6.45, 7) is 5.25. The van der Waals surface area contributed by atoms with Gasteiger partial charge < -0.3 is 0 Å². The lowest BCUT2D eigenvalue weighted by atomic mass is 10.2. The van der Waals surface area contributed by atoms with E-state index in [2.05, 4.69) is 9.82 Å². The molecule has 0 amide bonds. The number of anilines is 1. The summed E-state index contributed by atoms with van der Waals surface area (Å²) in [5.41, 5.74) is 2.91. The van der Waals surface area contributed by atoms with Crippen molar-refractivity contribution in [3.8, 4) is 5.69 Å². The molecule has 0 saturated heterocycles. The van der Waals surface area contributed by atoms with Crippen LogP contribution in [0.15, 0.2) is 47.4 Å². The number of sulfonamides is 1. The normalized spacial score (nSPS) is 11.6. The molecule has 0 unspecified atom stereocenters. The summed E-state index contributed by atoms with van der Waals surface area (Å²) in [4.78, 5) is -1.01. The van der Waals surface area contributed by atoms with Gasteiger partial charge >= 0.3 is 0 Å². The molecular formula is C18H17F2N3O2S. The third kappa shape index (κ3) is 3.20. The zero-order valence-electron chi connectivity index (χ0n) is 14.4. The van der Waals surface area contributed by atoms with E-state index in [9.17, 15) is 17.2 Å². The van der Waals surface area contributed by atoms with Crippen LogP contribution in [0.3, 0.4) is 0 Å². The van der Waals surface area contributed by atoms with Crippen molar-refractivity contribution in [3.63, 3.8) is 0 Å². The lowest BCUT2D eigenvalue weighted by Gasteiger charge is -2.10. The summed E-state index contributed by atoms with van der Waals surface area (Å²) < 4.78 is 56.6. The summed E-state index contributed by atoms with van der Waals surface area (Å²) in [5.74, 6) is -2.31. The number of benzene rings is 2. The molecule has 1 aromatic heterocycles. The maximum Gasteiger partial charge on any atom is 0.267 e. The second kappa shape index (κ2) is 6.53. The average molecular weight is 377 g/mol. The second-order valence-electron chi connectivity index (χ2n) is 5.95. The first-order valence-electron chi connectivity index (χ1n) is 7.81. The third-order valence-electron chi connectivity index (χ3n) is 3.99. The van der Waals surface area contributed by atoms with Crippen molar-refractivity contribution in [2.45, 2.75) is 25.7 Å². The van der Waals surface area contributed by atoms with Crippen LogP contribution in [-0.2, 0) is 10.0 Å². The molecule has 3 rings (SSSR count). The van der Waals surface area contributed by atoms with Crippen LogP contribution < -0.4 is 4.72 Å². The SMILES string of the molecule is Cc1ccc(-n2nc(C)c(NS(=O)(=O)c3c(F)cccc3F)c2C)cc1. The summed E-state index contributed by atoms with van der Waals surface area (Å²) >= 11 is 0. The van der Waals surface area contributed by atoms with E-state index in [1.807, 2.05) is 31.2 Å². The fraction of sp³-hybridized carbons (Fsp3) is 0.167. The molecule has 0 aliphatic heterocycles. The van der Waals surface area contributed by atoms with Gasteiger partial charge in [0, 0.05) is 0 Å². The monoisotopic (exact) mass is 377 g/mol. The Bertz CT molecular complexity index is 1050. The van der Waals surface area contributed by atoms with Crippen LogP contribution in [0.2, 0.25) is 0 Å². The Morgan fingerprint density at radius 3 is 2.12 bits per heavy atom. The van der Waals surface area contributed by atoms with Crippen LogP contribution >= 0.6 is 0 Å². The van der Waals surface area contributed by atoms with Gasteiger partial charge in [-0.05, 0) is 45.0 Å². The van der Waals surface area contributed by atoms with Crippen molar-refractivity contribution in [1.29, 1.82) is 0 Å². The maximum atomic E-state index is 13.9. The van der Waals surface area contributed by atoms with E-state index < -0.39 is 26.6 Å². The summed E-state index contributed by atoms with van der Waals surface area (Å²) in [6, 6.07) is 10.4. The van der Waals surface area contributed by atoms with Crippen LogP contribution in [0, 0.1) is 32.4 Å². The van der Waals surface area contributed by atoms with Gasteiger partial charge in [0.2, 0.25) is 0 Å². The first-order chi connectivity index (χ1) is 12.2. The molecule has 1 heterocycles. The van der Waals surface area contributed by atoms with Crippen molar-refractivity contribution < 1.29 is 17.2 Å². The highest BCUT2D eigenvalue weighted by atomic mass is 32.2. The third-order valence-corrected chi connectivity index (χ3v) is 5.39. The van der Waals surface area contributed by atoms with Crippen molar-refractivity contribution in [2.75, 3.05) is 4.72 Å². The van der Waals surface area contributed by atoms with Gasteiger partial charge in [0.1, 0.15) is 11.6 Å². The summed E-state index contributed by atoms with van der Waals surface area (Å²) in [7, 11) is -4.45. The molecule has 2 aromatic carbocycles. The molecule has 0 fully saturated rings. The molecule has 8 heteroatoms. The van der Waals surface area contributed by atoms with Crippen LogP contribution in [0.1, 0.15) is 17.0 Å². The first-order valence-corrected chi connectivity index (χ1v) is 9.29. The van der Waals surface area contributed by atoms with Crippen LogP contribution in [-0.4, -0.2) is 18.2 Å². The fourth-order valence-corrected chi connectivity index (χ4v) is 3.97. The van der Waals surface area contributed by atoms with Crippen LogP contribution in [0.4, 0.5) is 14.5 Å². The molecule has 0 aliphatic rings. The predicted octanol–water partition coefficient (Wildman–Crippen LogP) is 3.88. The fourth-order valence-electron chi connectivity index (χ4n) is 2.65. The Hall–Kier alpha value is -2.74. The number of aryl methyl sites for hydroxylation is 2. The molecule has 0 atom stereocenters. The van der Waals surface area contributed by atoms with E-state index in [0.29, 0.717) is 11.4 Å². The number of nitrogens with zero attached hydrogens (tertiary/aromatic N) is 2. The standard InChI is InChI=1S/C18H17F2N3O2S/c1-11-7-9-14(10-8-11)23-13(3)17(12(2)21-23)22-26(24,25)18-15(19)5-4-6-16(18)20/h4-10,22H,1-3H3. The second-order valence-corrected chi connectivity index (χ2v) is 7.57. The lowest BCUT2D eigenvalue weighted by molar-refractivity contribution is 0.521. The number of halogens is 2. The Morgan fingerprint density at radius 1 is 0.962 bits per heavy atom. The molecule has 136 valence electrons. The van der Waals surface area contributed by atoms with Gasteiger partial charge in [0.15, 0.2) is 4.90 Å². The molecule has 26 heavy (non-hydrogen) atoms. The Morgan fingerprint density at radius 2 is 1.54 bits per heavy atom. The number of hydrogen-bond acceptors (Lipinski definition) is 3. The van der Waals surface area contributed by atoms with E-state index in [0.717, 1.165) is 29.4 Å². The average Bonchev–Trinajstić information content (AvgIpc) is 2.83. The molecule has 0 aliphatic carbocycles. The quantitative estimate of drug-likeness (QED) is 0.751. The van der Waals surface area contributed by atoms with Gasteiger partial charge in [0.25, 0.3) is 10.0 Å². The van der Waals surface area contributed by atoms with Gasteiger partial charge in [-0.1, -0.05) is 23.8 Å². The van der Waals surface area contributed by atoms with Gasteiger partial charge in [-0.3, -0.25) is 4.72 Å². The van der Waals surface area contributed by atoms with Crippen molar-refractivity contribution in [3.05, 3.63) is 71.1 Å². The van der Waals surface area contributed by atoms with Gasteiger partial charge in [-0.2, -0.15) is 5.10 Å². The van der Waals surface area contributed by atoms with Gasteiger partial charge in [-0.25, -0.2) is 21.9 Å². The molecule has 3 aromatic rings. The van der Waals surface area contributed by atoms with Crippen molar-refractivity contribution in [2.24, 2.45) is 0 Å². The van der Waals surface area contributed by atoms with E-state index in [-0.39, 0.29) is 5.69 Å². The van der Waals surface area contributed by atoms with Gasteiger partial charge in [-0.15, -0.1) is 0 Å². The van der Waals surface area contributed by atoms with E-state index in [4.69, 9.17) is 0 Å². The largest absolute Gasteiger partial charge is 0.276 e. The topological polar surface area (TPSA) is 64.0 Å². The minimum absolute atomic E-state index is 0.188. The van der Waals surface area contributed by atoms with Crippen molar-refractivity contribution >= 4 is 15.7 Å². The number of aromatic nitrogens is 2. The molecule has 1 N–H and O–H groups in total. The van der Waals surface area contributed by atoms with Gasteiger partial charge in [0.05, 0.1) is 22.8 Å². The Balaban J connectivity index is 2.05. The minimum Gasteiger partial charge on any atom is -0.276 e. The van der Waals surface area contributed by atoms with Crippen molar-refractivity contribution in [1.82, 2.24) is 9.78 Å². The molecule has 0 bridgehead atoms. The Labute approximate surface area is 150 Å². The highest BCUT2D eigenvalue weighted by Crippen LogP contribution is 2.27. The van der Waals surface area contributed by atoms with E-state index >= 15 is 0 Å². The maximum absolute atomic E-state index is 13.9. The lowest BCUT2D eigenvalue weighted by Crippen LogP contribution is -2.17.